The molecular weight excluding hydrogens is 241 g/mol. The molecule has 0 heterocycles. The van der Waals surface area contributed by atoms with Gasteiger partial charge >= 0.3 is 6.18 Å². The van der Waals surface area contributed by atoms with Crippen molar-refractivity contribution in [2.75, 3.05) is 0 Å². The van der Waals surface area contributed by atoms with Gasteiger partial charge in [-0.3, -0.25) is 0 Å². The molecule has 0 aliphatic rings. The first kappa shape index (κ1) is 12.8. The Morgan fingerprint density at radius 2 is 2.06 bits per heavy atom. The SMILES string of the molecule is CCC(N)=Nc1ccc(Cl)cc1C(F)(F)F. The lowest BCUT2D eigenvalue weighted by atomic mass is 10.1. The van der Waals surface area contributed by atoms with E-state index < -0.39 is 11.7 Å². The number of halogens is 4. The van der Waals surface area contributed by atoms with E-state index in [1.807, 2.05) is 0 Å². The summed E-state index contributed by atoms with van der Waals surface area (Å²) < 4.78 is 37.8. The van der Waals surface area contributed by atoms with Crippen molar-refractivity contribution in [2.45, 2.75) is 19.5 Å². The van der Waals surface area contributed by atoms with Crippen LogP contribution >= 0.6 is 11.6 Å². The molecule has 16 heavy (non-hydrogen) atoms. The lowest BCUT2D eigenvalue weighted by molar-refractivity contribution is -0.137. The maximum absolute atomic E-state index is 12.6. The first-order chi connectivity index (χ1) is 7.34. The predicted molar refractivity (Wildman–Crippen MR) is 58.0 cm³/mol. The van der Waals surface area contributed by atoms with E-state index in [1.54, 1.807) is 6.92 Å². The highest BCUT2D eigenvalue weighted by Crippen LogP contribution is 2.37. The largest absolute Gasteiger partial charge is 0.418 e. The molecular formula is C10H10ClF3N2. The molecule has 0 radical (unpaired) electrons. The summed E-state index contributed by atoms with van der Waals surface area (Å²) in [5.41, 5.74) is 4.31. The smallest absolute Gasteiger partial charge is 0.387 e. The summed E-state index contributed by atoms with van der Waals surface area (Å²) in [6, 6.07) is 3.38. The minimum absolute atomic E-state index is 0.0151. The van der Waals surface area contributed by atoms with Crippen LogP contribution in [-0.4, -0.2) is 5.84 Å². The van der Waals surface area contributed by atoms with E-state index >= 15 is 0 Å². The number of alkyl halides is 3. The number of amidine groups is 1. The number of benzene rings is 1. The van der Waals surface area contributed by atoms with Gasteiger partial charge in [0.1, 0.15) is 0 Å². The summed E-state index contributed by atoms with van der Waals surface area (Å²) in [7, 11) is 0. The number of hydrogen-bond acceptors (Lipinski definition) is 1. The normalized spacial score (nSPS) is 12.9. The summed E-state index contributed by atoms with van der Waals surface area (Å²) in [5.74, 6) is 0.146. The Kier molecular flexibility index (Phi) is 3.80. The van der Waals surface area contributed by atoms with Gasteiger partial charge in [-0.1, -0.05) is 18.5 Å². The van der Waals surface area contributed by atoms with Crippen LogP contribution in [0.2, 0.25) is 5.02 Å². The van der Waals surface area contributed by atoms with Gasteiger partial charge in [-0.2, -0.15) is 13.2 Å². The molecule has 0 fully saturated rings. The zero-order chi connectivity index (χ0) is 12.3. The van der Waals surface area contributed by atoms with Crippen LogP contribution in [0.5, 0.6) is 0 Å². The quantitative estimate of drug-likeness (QED) is 0.630. The summed E-state index contributed by atoms with van der Waals surface area (Å²) >= 11 is 5.51. The Morgan fingerprint density at radius 1 is 1.44 bits per heavy atom. The lowest BCUT2D eigenvalue weighted by Gasteiger charge is -2.10. The molecule has 1 aromatic rings. The second-order valence-corrected chi connectivity index (χ2v) is 3.55. The fourth-order valence-corrected chi connectivity index (χ4v) is 1.24. The summed E-state index contributed by atoms with van der Waals surface area (Å²) in [6.45, 7) is 1.71. The molecule has 0 bridgehead atoms. The van der Waals surface area contributed by atoms with E-state index in [2.05, 4.69) is 4.99 Å². The second kappa shape index (κ2) is 4.74. The van der Waals surface area contributed by atoms with Crippen molar-refractivity contribution >= 4 is 23.1 Å². The fraction of sp³-hybridized carbons (Fsp3) is 0.300. The van der Waals surface area contributed by atoms with E-state index in [0.717, 1.165) is 6.07 Å². The predicted octanol–water partition coefficient (Wildman–Crippen LogP) is 3.76. The van der Waals surface area contributed by atoms with Crippen LogP contribution in [0.15, 0.2) is 23.2 Å². The fourth-order valence-electron chi connectivity index (χ4n) is 1.07. The van der Waals surface area contributed by atoms with Gasteiger partial charge in [-0.05, 0) is 18.2 Å². The molecule has 88 valence electrons. The maximum atomic E-state index is 12.6. The molecule has 0 saturated carbocycles. The summed E-state index contributed by atoms with van der Waals surface area (Å²) in [4.78, 5) is 3.70. The van der Waals surface area contributed by atoms with E-state index in [9.17, 15) is 13.2 Å². The van der Waals surface area contributed by atoms with Gasteiger partial charge in [0, 0.05) is 11.4 Å². The van der Waals surface area contributed by atoms with Crippen LogP contribution in [0, 0.1) is 0 Å². The van der Waals surface area contributed by atoms with Crippen LogP contribution in [0.3, 0.4) is 0 Å². The van der Waals surface area contributed by atoms with Crippen molar-refractivity contribution in [1.29, 1.82) is 0 Å². The van der Waals surface area contributed by atoms with Crippen molar-refractivity contribution in [2.24, 2.45) is 10.7 Å². The average Bonchev–Trinajstić information content (AvgIpc) is 2.19. The van der Waals surface area contributed by atoms with Crippen molar-refractivity contribution < 1.29 is 13.2 Å². The third kappa shape index (κ3) is 3.13. The van der Waals surface area contributed by atoms with Crippen LogP contribution in [0.4, 0.5) is 18.9 Å². The highest BCUT2D eigenvalue weighted by Gasteiger charge is 2.33. The Balaban J connectivity index is 3.29. The summed E-state index contributed by atoms with van der Waals surface area (Å²) in [5, 5.41) is 0.0151. The number of rotatable bonds is 2. The minimum Gasteiger partial charge on any atom is -0.387 e. The third-order valence-electron chi connectivity index (χ3n) is 1.89. The second-order valence-electron chi connectivity index (χ2n) is 3.12. The zero-order valence-electron chi connectivity index (χ0n) is 8.48. The van der Waals surface area contributed by atoms with Crippen molar-refractivity contribution in [3.05, 3.63) is 28.8 Å². The van der Waals surface area contributed by atoms with Crippen LogP contribution in [0.1, 0.15) is 18.9 Å². The molecule has 1 aromatic carbocycles. The van der Waals surface area contributed by atoms with Crippen molar-refractivity contribution in [3.63, 3.8) is 0 Å². The van der Waals surface area contributed by atoms with Gasteiger partial charge in [0.15, 0.2) is 0 Å². The molecule has 0 unspecified atom stereocenters. The molecule has 0 amide bonds. The molecule has 2 nitrogen and oxygen atoms in total. The van der Waals surface area contributed by atoms with Gasteiger partial charge in [0.2, 0.25) is 0 Å². The first-order valence-electron chi connectivity index (χ1n) is 4.54. The first-order valence-corrected chi connectivity index (χ1v) is 4.92. The highest BCUT2D eigenvalue weighted by molar-refractivity contribution is 6.30. The summed E-state index contributed by atoms with van der Waals surface area (Å²) in [6.07, 6.45) is -4.10. The number of hydrogen-bond donors (Lipinski definition) is 1. The molecule has 1 rings (SSSR count). The van der Waals surface area contributed by atoms with Crippen molar-refractivity contribution in [1.82, 2.24) is 0 Å². The van der Waals surface area contributed by atoms with E-state index in [1.165, 1.54) is 12.1 Å². The number of nitrogens with two attached hydrogens (primary N) is 1. The van der Waals surface area contributed by atoms with Gasteiger partial charge in [-0.25, -0.2) is 4.99 Å². The van der Waals surface area contributed by atoms with Crippen molar-refractivity contribution in [3.8, 4) is 0 Å². The van der Waals surface area contributed by atoms with Gasteiger partial charge < -0.3 is 5.73 Å². The van der Waals surface area contributed by atoms with Gasteiger partial charge in [0.25, 0.3) is 0 Å². The van der Waals surface area contributed by atoms with Crippen LogP contribution in [0.25, 0.3) is 0 Å². The molecule has 0 aromatic heterocycles. The molecule has 0 atom stereocenters. The van der Waals surface area contributed by atoms with Gasteiger partial charge in [0.05, 0.1) is 17.1 Å². The molecule has 0 spiro atoms. The Labute approximate surface area is 95.9 Å². The minimum atomic E-state index is -4.49. The lowest BCUT2D eigenvalue weighted by Crippen LogP contribution is -2.10. The van der Waals surface area contributed by atoms with E-state index in [-0.39, 0.29) is 16.5 Å². The molecule has 0 aliphatic heterocycles. The van der Waals surface area contributed by atoms with E-state index in [0.29, 0.717) is 6.42 Å². The standard InChI is InChI=1S/C10H10ClF3N2/c1-2-9(15)16-8-4-3-6(11)5-7(8)10(12,13)14/h3-5H,2H2,1H3,(H2,15,16). The zero-order valence-corrected chi connectivity index (χ0v) is 9.23. The Bertz CT molecular complexity index is 413. The Hall–Kier alpha value is -1.23. The average molecular weight is 251 g/mol. The highest BCUT2D eigenvalue weighted by atomic mass is 35.5. The molecule has 2 N–H and O–H groups in total. The number of nitrogens with zero attached hydrogens (tertiary/aromatic N) is 1. The van der Waals surface area contributed by atoms with Gasteiger partial charge in [-0.15, -0.1) is 0 Å². The molecule has 0 saturated heterocycles. The number of aliphatic imine (C=N–C) groups is 1. The Morgan fingerprint density at radius 3 is 2.56 bits per heavy atom. The third-order valence-corrected chi connectivity index (χ3v) is 2.13. The topological polar surface area (TPSA) is 38.4 Å². The van der Waals surface area contributed by atoms with Crippen LogP contribution in [-0.2, 0) is 6.18 Å². The molecule has 6 heteroatoms. The van der Waals surface area contributed by atoms with E-state index in [4.69, 9.17) is 17.3 Å². The monoisotopic (exact) mass is 250 g/mol. The van der Waals surface area contributed by atoms with Crippen LogP contribution < -0.4 is 5.73 Å². The maximum Gasteiger partial charge on any atom is 0.418 e. The molecule has 0 aliphatic carbocycles.